The first-order chi connectivity index (χ1) is 11.6. The Kier molecular flexibility index (Phi) is 4.64. The number of fused-ring (bicyclic) bond motifs is 1. The molecule has 3 rings (SSSR count). The highest BCUT2D eigenvalue weighted by Crippen LogP contribution is 2.37. The summed E-state index contributed by atoms with van der Waals surface area (Å²) in [4.78, 5) is 16.9. The standard InChI is InChI=1S/C18H22N4O2/c1-4-5-10-24-17(23)15-13(3)21-18-19-11-20-22(18)16(15)14-8-6-12(2)7-9-14/h6-9,11,15-16H,3-5,10H2,1-2H3,(H,19,20,21)/t15-,16-/m0/s1. The first kappa shape index (κ1) is 16.2. The van der Waals surface area contributed by atoms with Gasteiger partial charge in [0.25, 0.3) is 0 Å². The van der Waals surface area contributed by atoms with Gasteiger partial charge in [-0.25, -0.2) is 4.68 Å². The average Bonchev–Trinajstić information content (AvgIpc) is 3.02. The number of hydrogen-bond donors (Lipinski definition) is 1. The van der Waals surface area contributed by atoms with Crippen LogP contribution in [-0.2, 0) is 9.53 Å². The molecule has 0 aliphatic carbocycles. The van der Waals surface area contributed by atoms with E-state index < -0.39 is 5.92 Å². The second-order valence-electron chi connectivity index (χ2n) is 6.03. The highest BCUT2D eigenvalue weighted by Gasteiger charge is 2.40. The van der Waals surface area contributed by atoms with Gasteiger partial charge in [-0.15, -0.1) is 0 Å². The number of ether oxygens (including phenoxy) is 1. The number of rotatable bonds is 5. The van der Waals surface area contributed by atoms with Crippen LogP contribution in [0, 0.1) is 12.8 Å². The lowest BCUT2D eigenvalue weighted by Crippen LogP contribution is -2.38. The summed E-state index contributed by atoms with van der Waals surface area (Å²) in [6, 6.07) is 7.75. The van der Waals surface area contributed by atoms with Crippen molar-refractivity contribution in [3.05, 3.63) is 54.0 Å². The van der Waals surface area contributed by atoms with Crippen molar-refractivity contribution in [2.24, 2.45) is 5.92 Å². The lowest BCUT2D eigenvalue weighted by Gasteiger charge is -2.33. The zero-order valence-corrected chi connectivity index (χ0v) is 14.0. The second kappa shape index (κ2) is 6.86. The van der Waals surface area contributed by atoms with Gasteiger partial charge < -0.3 is 10.1 Å². The molecule has 6 heteroatoms. The zero-order chi connectivity index (χ0) is 17.1. The lowest BCUT2D eigenvalue weighted by atomic mass is 9.89. The summed E-state index contributed by atoms with van der Waals surface area (Å²) in [5.41, 5.74) is 2.72. The third-order valence-corrected chi connectivity index (χ3v) is 4.22. The average molecular weight is 326 g/mol. The van der Waals surface area contributed by atoms with E-state index in [0.717, 1.165) is 24.0 Å². The molecule has 1 aliphatic rings. The van der Waals surface area contributed by atoms with E-state index in [1.807, 2.05) is 31.2 Å². The van der Waals surface area contributed by atoms with E-state index in [-0.39, 0.29) is 12.0 Å². The quantitative estimate of drug-likeness (QED) is 0.675. The van der Waals surface area contributed by atoms with Crippen molar-refractivity contribution in [3.8, 4) is 0 Å². The predicted octanol–water partition coefficient (Wildman–Crippen LogP) is 3.07. The number of nitrogens with zero attached hydrogens (tertiary/aromatic N) is 3. The number of carbonyl (C=O) groups excluding carboxylic acids is 1. The van der Waals surface area contributed by atoms with Gasteiger partial charge in [-0.05, 0) is 18.9 Å². The van der Waals surface area contributed by atoms with Crippen LogP contribution < -0.4 is 5.32 Å². The molecular weight excluding hydrogens is 304 g/mol. The van der Waals surface area contributed by atoms with Gasteiger partial charge in [0.1, 0.15) is 12.2 Å². The number of carbonyl (C=O) groups is 1. The summed E-state index contributed by atoms with van der Waals surface area (Å²) in [5, 5.41) is 7.36. The largest absolute Gasteiger partial charge is 0.465 e. The Hall–Kier alpha value is -2.63. The summed E-state index contributed by atoms with van der Waals surface area (Å²) < 4.78 is 7.19. The van der Waals surface area contributed by atoms with Gasteiger partial charge in [-0.3, -0.25) is 4.79 Å². The number of nitrogens with one attached hydrogen (secondary N) is 1. The number of hydrogen-bond acceptors (Lipinski definition) is 5. The molecule has 0 saturated carbocycles. The Morgan fingerprint density at radius 2 is 2.12 bits per heavy atom. The third-order valence-electron chi connectivity index (χ3n) is 4.22. The number of aromatic nitrogens is 3. The van der Waals surface area contributed by atoms with Crippen LogP contribution in [0.15, 0.2) is 42.9 Å². The Balaban J connectivity index is 1.96. The van der Waals surface area contributed by atoms with E-state index in [1.54, 1.807) is 4.68 Å². The third kappa shape index (κ3) is 3.04. The van der Waals surface area contributed by atoms with Crippen molar-refractivity contribution >= 4 is 11.9 Å². The minimum absolute atomic E-state index is 0.285. The summed E-state index contributed by atoms with van der Waals surface area (Å²) in [6.07, 6.45) is 3.30. The molecule has 0 unspecified atom stereocenters. The van der Waals surface area contributed by atoms with Gasteiger partial charge in [-0.2, -0.15) is 10.1 Å². The molecule has 1 N–H and O–H groups in total. The van der Waals surface area contributed by atoms with Gasteiger partial charge in [0.15, 0.2) is 0 Å². The molecule has 1 aromatic heterocycles. The van der Waals surface area contributed by atoms with Crippen molar-refractivity contribution in [1.29, 1.82) is 0 Å². The highest BCUT2D eigenvalue weighted by atomic mass is 16.5. The minimum Gasteiger partial charge on any atom is -0.465 e. The van der Waals surface area contributed by atoms with E-state index >= 15 is 0 Å². The number of anilines is 1. The maximum absolute atomic E-state index is 12.7. The monoisotopic (exact) mass is 326 g/mol. The molecular formula is C18H22N4O2. The fourth-order valence-electron chi connectivity index (χ4n) is 2.87. The SMILES string of the molecule is C=C1Nc2ncnn2[C@@H](c2ccc(C)cc2)[C@H]1C(=O)OCCCC. The Morgan fingerprint density at radius 1 is 1.38 bits per heavy atom. The molecule has 1 aromatic carbocycles. The van der Waals surface area contributed by atoms with Gasteiger partial charge >= 0.3 is 5.97 Å². The van der Waals surface area contributed by atoms with Crippen molar-refractivity contribution in [3.63, 3.8) is 0 Å². The molecule has 0 fully saturated rings. The summed E-state index contributed by atoms with van der Waals surface area (Å²) in [6.45, 7) is 8.54. The van der Waals surface area contributed by atoms with Crippen LogP contribution in [0.3, 0.4) is 0 Å². The normalized spacial score (nSPS) is 19.5. The molecule has 24 heavy (non-hydrogen) atoms. The van der Waals surface area contributed by atoms with Crippen LogP contribution in [0.25, 0.3) is 0 Å². The Morgan fingerprint density at radius 3 is 2.83 bits per heavy atom. The fourth-order valence-corrected chi connectivity index (χ4v) is 2.87. The molecule has 126 valence electrons. The second-order valence-corrected chi connectivity index (χ2v) is 6.03. The topological polar surface area (TPSA) is 69.0 Å². The summed E-state index contributed by atoms with van der Waals surface area (Å²) in [7, 11) is 0. The molecule has 1 aliphatic heterocycles. The molecule has 2 heterocycles. The van der Waals surface area contributed by atoms with Crippen molar-refractivity contribution < 1.29 is 9.53 Å². The van der Waals surface area contributed by atoms with Crippen LogP contribution in [0.5, 0.6) is 0 Å². The van der Waals surface area contributed by atoms with E-state index in [0.29, 0.717) is 18.3 Å². The van der Waals surface area contributed by atoms with Gasteiger partial charge in [0, 0.05) is 5.70 Å². The molecule has 0 bridgehead atoms. The van der Waals surface area contributed by atoms with Crippen molar-refractivity contribution in [1.82, 2.24) is 14.8 Å². The summed E-state index contributed by atoms with van der Waals surface area (Å²) in [5.74, 6) is -0.241. The molecule has 6 nitrogen and oxygen atoms in total. The van der Waals surface area contributed by atoms with Crippen molar-refractivity contribution in [2.45, 2.75) is 32.7 Å². The van der Waals surface area contributed by atoms with Crippen LogP contribution >= 0.6 is 0 Å². The highest BCUT2D eigenvalue weighted by molar-refractivity contribution is 5.79. The van der Waals surface area contributed by atoms with Crippen LogP contribution in [-0.4, -0.2) is 27.3 Å². The Labute approximate surface area is 141 Å². The van der Waals surface area contributed by atoms with Crippen LogP contribution in [0.1, 0.15) is 36.9 Å². The maximum atomic E-state index is 12.7. The van der Waals surface area contributed by atoms with E-state index in [2.05, 4.69) is 28.9 Å². The Bertz CT molecular complexity index is 736. The van der Waals surface area contributed by atoms with E-state index in [4.69, 9.17) is 4.74 Å². The minimum atomic E-state index is -0.543. The van der Waals surface area contributed by atoms with Gasteiger partial charge in [0.2, 0.25) is 5.95 Å². The number of unbranched alkanes of at least 4 members (excludes halogenated alkanes) is 1. The first-order valence-corrected chi connectivity index (χ1v) is 8.20. The molecule has 2 aromatic rings. The van der Waals surface area contributed by atoms with E-state index in [9.17, 15) is 4.79 Å². The molecule has 2 atom stereocenters. The van der Waals surface area contributed by atoms with Crippen LogP contribution in [0.4, 0.5) is 5.95 Å². The smallest absolute Gasteiger partial charge is 0.317 e. The van der Waals surface area contributed by atoms with Crippen LogP contribution in [0.2, 0.25) is 0 Å². The maximum Gasteiger partial charge on any atom is 0.317 e. The number of benzene rings is 1. The van der Waals surface area contributed by atoms with Crippen molar-refractivity contribution in [2.75, 3.05) is 11.9 Å². The summed E-state index contributed by atoms with van der Waals surface area (Å²) >= 11 is 0. The first-order valence-electron chi connectivity index (χ1n) is 8.20. The zero-order valence-electron chi connectivity index (χ0n) is 14.0. The number of aryl methyl sites for hydroxylation is 1. The fraction of sp³-hybridized carbons (Fsp3) is 0.389. The molecule has 0 radical (unpaired) electrons. The molecule has 0 saturated heterocycles. The van der Waals surface area contributed by atoms with Gasteiger partial charge in [-0.1, -0.05) is 49.8 Å². The lowest BCUT2D eigenvalue weighted by molar-refractivity contribution is -0.148. The van der Waals surface area contributed by atoms with Gasteiger partial charge in [0.05, 0.1) is 12.6 Å². The molecule has 0 amide bonds. The predicted molar refractivity (Wildman–Crippen MR) is 91.5 cm³/mol. The molecule has 0 spiro atoms. The number of esters is 1. The van der Waals surface area contributed by atoms with E-state index in [1.165, 1.54) is 6.33 Å².